The third kappa shape index (κ3) is 6.22. The van der Waals surface area contributed by atoms with Gasteiger partial charge < -0.3 is 5.32 Å². The SMILES string of the molecule is CC(C)(C)CC1CCC(C(=O)NCCCS(C)(=O)=O)N1C#N. The first-order chi connectivity index (χ1) is 10.0. The topological polar surface area (TPSA) is 90.3 Å². The van der Waals surface area contributed by atoms with E-state index in [2.05, 4.69) is 32.3 Å². The second-order valence-corrected chi connectivity index (χ2v) is 9.55. The number of amides is 1. The van der Waals surface area contributed by atoms with E-state index in [1.807, 2.05) is 0 Å². The molecule has 7 heteroatoms. The fourth-order valence-electron chi connectivity index (χ4n) is 2.86. The van der Waals surface area contributed by atoms with E-state index < -0.39 is 15.9 Å². The van der Waals surface area contributed by atoms with Crippen molar-refractivity contribution in [2.45, 2.75) is 58.5 Å². The van der Waals surface area contributed by atoms with Gasteiger partial charge in [0.15, 0.2) is 6.19 Å². The maximum absolute atomic E-state index is 12.2. The molecule has 0 radical (unpaired) electrons. The number of nitrogens with one attached hydrogen (secondary N) is 1. The number of hydrogen-bond donors (Lipinski definition) is 1. The fraction of sp³-hybridized carbons (Fsp3) is 0.867. The standard InChI is InChI=1S/C15H27N3O3S/c1-15(2,3)10-12-6-7-13(18(12)11-16)14(19)17-8-5-9-22(4,20)21/h12-13H,5-10H2,1-4H3,(H,17,19). The summed E-state index contributed by atoms with van der Waals surface area (Å²) in [6, 6.07) is -0.313. The van der Waals surface area contributed by atoms with E-state index in [1.54, 1.807) is 4.90 Å². The molecule has 0 aromatic carbocycles. The van der Waals surface area contributed by atoms with Crippen LogP contribution in [-0.4, -0.2) is 49.9 Å². The Kier molecular flexibility index (Phi) is 6.24. The lowest BCUT2D eigenvalue weighted by atomic mass is 9.87. The molecule has 1 heterocycles. The largest absolute Gasteiger partial charge is 0.354 e. The van der Waals surface area contributed by atoms with Crippen LogP contribution in [0.1, 0.15) is 46.5 Å². The second kappa shape index (κ2) is 7.32. The summed E-state index contributed by atoms with van der Waals surface area (Å²) in [7, 11) is -3.00. The van der Waals surface area contributed by atoms with Gasteiger partial charge in [0.25, 0.3) is 0 Å². The van der Waals surface area contributed by atoms with Crippen molar-refractivity contribution in [2.24, 2.45) is 5.41 Å². The van der Waals surface area contributed by atoms with Crippen molar-refractivity contribution in [3.63, 3.8) is 0 Å². The molecular weight excluding hydrogens is 302 g/mol. The molecule has 0 saturated carbocycles. The van der Waals surface area contributed by atoms with Crippen molar-refractivity contribution in [3.05, 3.63) is 0 Å². The number of hydrogen-bond acceptors (Lipinski definition) is 5. The third-order valence-electron chi connectivity index (χ3n) is 3.76. The van der Waals surface area contributed by atoms with Crippen LogP contribution >= 0.6 is 0 Å². The zero-order valence-corrected chi connectivity index (χ0v) is 14.7. The number of sulfone groups is 1. The molecule has 1 fully saturated rings. The number of carbonyl (C=O) groups excluding carboxylic acids is 1. The van der Waals surface area contributed by atoms with Gasteiger partial charge in [-0.25, -0.2) is 8.42 Å². The highest BCUT2D eigenvalue weighted by atomic mass is 32.2. The predicted molar refractivity (Wildman–Crippen MR) is 85.7 cm³/mol. The smallest absolute Gasteiger partial charge is 0.243 e. The molecule has 22 heavy (non-hydrogen) atoms. The van der Waals surface area contributed by atoms with Crippen LogP contribution in [0.3, 0.4) is 0 Å². The van der Waals surface area contributed by atoms with Crippen LogP contribution in [-0.2, 0) is 14.6 Å². The Hall–Kier alpha value is -1.29. The van der Waals surface area contributed by atoms with Crippen molar-refractivity contribution < 1.29 is 13.2 Å². The van der Waals surface area contributed by atoms with E-state index in [1.165, 1.54) is 6.26 Å². The molecule has 0 aromatic heterocycles. The van der Waals surface area contributed by atoms with Crippen molar-refractivity contribution in [3.8, 4) is 6.19 Å². The Morgan fingerprint density at radius 3 is 2.50 bits per heavy atom. The minimum Gasteiger partial charge on any atom is -0.354 e. The average Bonchev–Trinajstić information content (AvgIpc) is 2.73. The van der Waals surface area contributed by atoms with Crippen LogP contribution in [0.15, 0.2) is 0 Å². The van der Waals surface area contributed by atoms with E-state index in [4.69, 9.17) is 0 Å². The van der Waals surface area contributed by atoms with E-state index in [9.17, 15) is 18.5 Å². The zero-order valence-electron chi connectivity index (χ0n) is 13.9. The lowest BCUT2D eigenvalue weighted by molar-refractivity contribution is -0.124. The van der Waals surface area contributed by atoms with Crippen LogP contribution in [0.4, 0.5) is 0 Å². The van der Waals surface area contributed by atoms with Gasteiger partial charge in [0.2, 0.25) is 5.91 Å². The van der Waals surface area contributed by atoms with Crippen molar-refractivity contribution in [2.75, 3.05) is 18.6 Å². The molecule has 0 spiro atoms. The van der Waals surface area contributed by atoms with Crippen molar-refractivity contribution >= 4 is 15.7 Å². The van der Waals surface area contributed by atoms with Crippen LogP contribution < -0.4 is 5.32 Å². The fourth-order valence-corrected chi connectivity index (χ4v) is 3.53. The summed E-state index contributed by atoms with van der Waals surface area (Å²) in [5.41, 5.74) is 0.112. The molecule has 1 aliphatic heterocycles. The van der Waals surface area contributed by atoms with Crippen molar-refractivity contribution in [1.82, 2.24) is 10.2 Å². The molecule has 6 nitrogen and oxygen atoms in total. The summed E-state index contributed by atoms with van der Waals surface area (Å²) in [4.78, 5) is 13.8. The summed E-state index contributed by atoms with van der Waals surface area (Å²) in [5, 5.41) is 12.1. The minimum atomic E-state index is -3.00. The Morgan fingerprint density at radius 1 is 1.36 bits per heavy atom. The molecule has 1 aliphatic rings. The zero-order chi connectivity index (χ0) is 17.0. The normalized spacial score (nSPS) is 22.4. The molecule has 126 valence electrons. The lowest BCUT2D eigenvalue weighted by Crippen LogP contribution is -2.44. The molecule has 0 aromatic rings. The van der Waals surface area contributed by atoms with Gasteiger partial charge in [-0.1, -0.05) is 20.8 Å². The van der Waals surface area contributed by atoms with Gasteiger partial charge in [-0.05, 0) is 31.1 Å². The first-order valence-corrected chi connectivity index (χ1v) is 9.73. The first-order valence-electron chi connectivity index (χ1n) is 7.67. The summed E-state index contributed by atoms with van der Waals surface area (Å²) in [6.07, 6.45) is 6.12. The van der Waals surface area contributed by atoms with Gasteiger partial charge in [0, 0.05) is 18.8 Å². The maximum atomic E-state index is 12.2. The van der Waals surface area contributed by atoms with Gasteiger partial charge in [0.1, 0.15) is 15.9 Å². The predicted octanol–water partition coefficient (Wildman–Crippen LogP) is 1.29. The highest BCUT2D eigenvalue weighted by Crippen LogP contribution is 2.32. The first kappa shape index (κ1) is 18.8. The molecule has 1 N–H and O–H groups in total. The summed E-state index contributed by atoms with van der Waals surface area (Å²) in [6.45, 7) is 6.70. The molecule has 1 amide bonds. The number of likely N-dealkylation sites (tertiary alicyclic amines) is 1. The number of rotatable bonds is 6. The third-order valence-corrected chi connectivity index (χ3v) is 4.79. The van der Waals surface area contributed by atoms with Gasteiger partial charge in [0.05, 0.1) is 5.75 Å². The minimum absolute atomic E-state index is 0.0621. The molecule has 1 rings (SSSR count). The Balaban J connectivity index is 2.51. The Bertz CT molecular complexity index is 531. The molecule has 1 saturated heterocycles. The Labute approximate surface area is 133 Å². The van der Waals surface area contributed by atoms with Crippen LogP contribution in [0.5, 0.6) is 0 Å². The number of carbonyl (C=O) groups is 1. The quantitative estimate of drug-likeness (QED) is 0.586. The molecule has 2 atom stereocenters. The summed E-state index contributed by atoms with van der Waals surface area (Å²) in [5.74, 6) is -0.113. The number of nitriles is 1. The summed E-state index contributed by atoms with van der Waals surface area (Å²) >= 11 is 0. The molecule has 2 unspecified atom stereocenters. The monoisotopic (exact) mass is 329 g/mol. The number of nitrogens with zero attached hydrogens (tertiary/aromatic N) is 2. The van der Waals surface area contributed by atoms with Crippen molar-refractivity contribution in [1.29, 1.82) is 5.26 Å². The van der Waals surface area contributed by atoms with E-state index >= 15 is 0 Å². The average molecular weight is 329 g/mol. The van der Waals surface area contributed by atoms with Crippen LogP contribution in [0.25, 0.3) is 0 Å². The van der Waals surface area contributed by atoms with Gasteiger partial charge in [-0.3, -0.25) is 9.69 Å². The maximum Gasteiger partial charge on any atom is 0.243 e. The summed E-state index contributed by atoms with van der Waals surface area (Å²) < 4.78 is 22.1. The van der Waals surface area contributed by atoms with Gasteiger partial charge in [-0.2, -0.15) is 5.26 Å². The lowest BCUT2D eigenvalue weighted by Gasteiger charge is -2.29. The highest BCUT2D eigenvalue weighted by molar-refractivity contribution is 7.90. The van der Waals surface area contributed by atoms with Gasteiger partial charge >= 0.3 is 0 Å². The molecule has 0 bridgehead atoms. The van der Waals surface area contributed by atoms with E-state index in [0.717, 1.165) is 12.8 Å². The Morgan fingerprint density at radius 2 is 2.00 bits per heavy atom. The highest BCUT2D eigenvalue weighted by Gasteiger charge is 2.38. The van der Waals surface area contributed by atoms with E-state index in [0.29, 0.717) is 19.4 Å². The van der Waals surface area contributed by atoms with E-state index in [-0.39, 0.29) is 23.1 Å². The molecular formula is C15H27N3O3S. The van der Waals surface area contributed by atoms with Crippen LogP contribution in [0.2, 0.25) is 0 Å². The van der Waals surface area contributed by atoms with Crippen LogP contribution in [0, 0.1) is 16.9 Å². The molecule has 0 aliphatic carbocycles. The second-order valence-electron chi connectivity index (χ2n) is 7.29. The van der Waals surface area contributed by atoms with Gasteiger partial charge in [-0.15, -0.1) is 0 Å².